The third-order valence-corrected chi connectivity index (χ3v) is 4.61. The lowest BCUT2D eigenvalue weighted by atomic mass is 9.79. The van der Waals surface area contributed by atoms with Gasteiger partial charge in [0.1, 0.15) is 0 Å². The van der Waals surface area contributed by atoms with E-state index in [0.29, 0.717) is 5.25 Å². The van der Waals surface area contributed by atoms with E-state index >= 15 is 0 Å². The van der Waals surface area contributed by atoms with Crippen molar-refractivity contribution in [2.45, 2.75) is 85.7 Å². The summed E-state index contributed by atoms with van der Waals surface area (Å²) in [4.78, 5) is 1.31. The lowest BCUT2D eigenvalue weighted by Crippen LogP contribution is -2.41. The average molecular weight is 312 g/mol. The maximum atomic E-state index is 6.01. The number of allylic oxidation sites excluding steroid dienone is 4. The molecule has 1 heterocycles. The van der Waals surface area contributed by atoms with Crippen LogP contribution in [-0.4, -0.2) is 23.6 Å². The molecule has 0 aromatic rings. The Morgan fingerprint density at radius 2 is 1.38 bits per heavy atom. The van der Waals surface area contributed by atoms with Crippen LogP contribution < -0.4 is 0 Å². The number of rotatable bonds is 4. The summed E-state index contributed by atoms with van der Waals surface area (Å²) in [5.74, 6) is 0. The SMILES string of the molecule is C/C(=C\C=C(/C)SC(C)C)B1OC(C)(C)C(C)(C)O1.CC. The van der Waals surface area contributed by atoms with Gasteiger partial charge in [-0.25, -0.2) is 0 Å². The van der Waals surface area contributed by atoms with E-state index in [1.807, 2.05) is 25.6 Å². The second-order valence-corrected chi connectivity index (χ2v) is 8.27. The molecule has 122 valence electrons. The Hall–Kier alpha value is -0.185. The van der Waals surface area contributed by atoms with E-state index in [2.05, 4.69) is 67.5 Å². The van der Waals surface area contributed by atoms with Gasteiger partial charge in [-0.3, -0.25) is 0 Å². The monoisotopic (exact) mass is 312 g/mol. The molecule has 1 aliphatic heterocycles. The smallest absolute Gasteiger partial charge is 0.400 e. The van der Waals surface area contributed by atoms with Gasteiger partial charge < -0.3 is 9.31 Å². The van der Waals surface area contributed by atoms with Crippen LogP contribution in [0.2, 0.25) is 0 Å². The molecule has 0 unspecified atom stereocenters. The van der Waals surface area contributed by atoms with Gasteiger partial charge in [-0.15, -0.1) is 11.8 Å². The molecule has 1 rings (SSSR count). The van der Waals surface area contributed by atoms with Crippen molar-refractivity contribution in [2.24, 2.45) is 0 Å². The van der Waals surface area contributed by atoms with E-state index in [4.69, 9.17) is 9.31 Å². The maximum absolute atomic E-state index is 6.01. The molecule has 1 aliphatic rings. The first kappa shape index (κ1) is 20.8. The van der Waals surface area contributed by atoms with Gasteiger partial charge in [-0.1, -0.05) is 39.8 Å². The van der Waals surface area contributed by atoms with Crippen LogP contribution in [0.5, 0.6) is 0 Å². The summed E-state index contributed by atoms with van der Waals surface area (Å²) < 4.78 is 12.0. The Morgan fingerprint density at radius 1 is 0.952 bits per heavy atom. The van der Waals surface area contributed by atoms with Crippen molar-refractivity contribution in [3.63, 3.8) is 0 Å². The zero-order chi connectivity index (χ0) is 16.8. The molecule has 1 fully saturated rings. The molecule has 21 heavy (non-hydrogen) atoms. The van der Waals surface area contributed by atoms with E-state index in [0.717, 1.165) is 5.47 Å². The second kappa shape index (κ2) is 8.45. The Balaban J connectivity index is 0.00000191. The summed E-state index contributed by atoms with van der Waals surface area (Å²) in [6.45, 7) is 20.9. The Bertz CT molecular complexity index is 368. The van der Waals surface area contributed by atoms with Crippen LogP contribution in [0.25, 0.3) is 0 Å². The highest BCUT2D eigenvalue weighted by Crippen LogP contribution is 2.38. The first-order valence-electron chi connectivity index (χ1n) is 7.92. The summed E-state index contributed by atoms with van der Waals surface area (Å²) >= 11 is 1.87. The molecule has 4 heteroatoms. The largest absolute Gasteiger partial charge is 0.490 e. The maximum Gasteiger partial charge on any atom is 0.490 e. The summed E-state index contributed by atoms with van der Waals surface area (Å²) in [6, 6.07) is 0. The van der Waals surface area contributed by atoms with E-state index in [1.165, 1.54) is 4.91 Å². The van der Waals surface area contributed by atoms with Crippen molar-refractivity contribution in [1.29, 1.82) is 0 Å². The van der Waals surface area contributed by atoms with Crippen molar-refractivity contribution in [3.05, 3.63) is 22.5 Å². The molecular formula is C17H33BO2S. The minimum absolute atomic E-state index is 0.238. The van der Waals surface area contributed by atoms with Gasteiger partial charge in [0, 0.05) is 5.25 Å². The molecule has 0 saturated carbocycles. The molecule has 0 aliphatic carbocycles. The molecule has 1 saturated heterocycles. The number of thioether (sulfide) groups is 1. The van der Waals surface area contributed by atoms with Gasteiger partial charge in [0.25, 0.3) is 0 Å². The van der Waals surface area contributed by atoms with Crippen LogP contribution in [-0.2, 0) is 9.31 Å². The topological polar surface area (TPSA) is 18.5 Å². The fourth-order valence-electron chi connectivity index (χ4n) is 1.77. The van der Waals surface area contributed by atoms with Crippen molar-refractivity contribution >= 4 is 18.9 Å². The van der Waals surface area contributed by atoms with Crippen molar-refractivity contribution < 1.29 is 9.31 Å². The van der Waals surface area contributed by atoms with Crippen LogP contribution in [0.15, 0.2) is 22.5 Å². The highest BCUT2D eigenvalue weighted by molar-refractivity contribution is 8.03. The first-order valence-corrected chi connectivity index (χ1v) is 8.80. The van der Waals surface area contributed by atoms with E-state index in [-0.39, 0.29) is 18.3 Å². The molecule has 0 radical (unpaired) electrons. The molecule has 0 aromatic heterocycles. The molecule has 0 N–H and O–H groups in total. The third-order valence-electron chi connectivity index (χ3n) is 3.63. The van der Waals surface area contributed by atoms with Gasteiger partial charge in [0.15, 0.2) is 0 Å². The third kappa shape index (κ3) is 6.21. The quantitative estimate of drug-likeness (QED) is 0.494. The fraction of sp³-hybridized carbons (Fsp3) is 0.765. The van der Waals surface area contributed by atoms with Crippen molar-refractivity contribution in [2.75, 3.05) is 0 Å². The molecule has 0 amide bonds. The Kier molecular flexibility index (Phi) is 8.37. The molecule has 0 aromatic carbocycles. The van der Waals surface area contributed by atoms with Gasteiger partial charge >= 0.3 is 7.12 Å². The predicted molar refractivity (Wildman–Crippen MR) is 97.7 cm³/mol. The Labute approximate surface area is 136 Å². The molecule has 0 spiro atoms. The summed E-state index contributed by atoms with van der Waals surface area (Å²) in [7, 11) is -0.238. The Morgan fingerprint density at radius 3 is 1.76 bits per heavy atom. The van der Waals surface area contributed by atoms with Gasteiger partial charge in [0.2, 0.25) is 0 Å². The van der Waals surface area contributed by atoms with Crippen LogP contribution in [0.3, 0.4) is 0 Å². The summed E-state index contributed by atoms with van der Waals surface area (Å²) in [5.41, 5.74) is 0.582. The molecule has 0 bridgehead atoms. The van der Waals surface area contributed by atoms with Gasteiger partial charge in [-0.2, -0.15) is 0 Å². The van der Waals surface area contributed by atoms with Crippen LogP contribution in [0.4, 0.5) is 0 Å². The van der Waals surface area contributed by atoms with Crippen molar-refractivity contribution in [1.82, 2.24) is 0 Å². The van der Waals surface area contributed by atoms with Crippen LogP contribution in [0, 0.1) is 0 Å². The average Bonchev–Trinajstić information content (AvgIpc) is 2.57. The molecule has 0 atom stereocenters. The lowest BCUT2D eigenvalue weighted by molar-refractivity contribution is 0.00578. The summed E-state index contributed by atoms with van der Waals surface area (Å²) in [5, 5.41) is 0.613. The van der Waals surface area contributed by atoms with Gasteiger partial charge in [0.05, 0.1) is 11.2 Å². The zero-order valence-electron chi connectivity index (χ0n) is 15.5. The highest BCUT2D eigenvalue weighted by Gasteiger charge is 2.51. The number of hydrogen-bond donors (Lipinski definition) is 0. The summed E-state index contributed by atoms with van der Waals surface area (Å²) in [6.07, 6.45) is 4.25. The standard InChI is InChI=1S/C15H27BO2S.C2H6/c1-11(2)19-13(4)10-9-12(3)16-17-14(5,6)15(7,8)18-16;1-2/h9-11H,1-8H3;1-2H3/b12-9+,13-10+;. The normalized spacial score (nSPS) is 21.4. The van der Waals surface area contributed by atoms with E-state index < -0.39 is 0 Å². The minimum Gasteiger partial charge on any atom is -0.400 e. The zero-order valence-corrected chi connectivity index (χ0v) is 16.4. The molecular weight excluding hydrogens is 279 g/mol. The first-order chi connectivity index (χ1) is 9.55. The minimum atomic E-state index is -0.266. The molecule has 2 nitrogen and oxygen atoms in total. The highest BCUT2D eigenvalue weighted by atomic mass is 32.2. The van der Waals surface area contributed by atoms with Gasteiger partial charge in [-0.05, 0) is 51.9 Å². The predicted octanol–water partition coefficient (Wildman–Crippen LogP) is 5.64. The van der Waals surface area contributed by atoms with Crippen LogP contribution >= 0.6 is 11.8 Å². The number of hydrogen-bond acceptors (Lipinski definition) is 3. The lowest BCUT2D eigenvalue weighted by Gasteiger charge is -2.32. The van der Waals surface area contributed by atoms with Crippen LogP contribution in [0.1, 0.15) is 69.2 Å². The van der Waals surface area contributed by atoms with Crippen molar-refractivity contribution in [3.8, 4) is 0 Å². The van der Waals surface area contributed by atoms with E-state index in [1.54, 1.807) is 0 Å². The second-order valence-electron chi connectivity index (χ2n) is 6.44. The van der Waals surface area contributed by atoms with E-state index in [9.17, 15) is 0 Å². The fourth-order valence-corrected chi connectivity index (χ4v) is 2.66.